The Morgan fingerprint density at radius 1 is 1.50 bits per heavy atom. The molecule has 2 N–H and O–H groups in total. The molecule has 3 heteroatoms. The molecular weight excluding hydrogens is 218 g/mol. The van der Waals surface area contributed by atoms with Crippen LogP contribution in [0.4, 0.5) is 5.69 Å². The monoisotopic (exact) mass is 237 g/mol. The number of anilines is 1. The molecule has 0 bridgehead atoms. The minimum Gasteiger partial charge on any atom is -0.396 e. The molecule has 1 unspecified atom stereocenters. The highest BCUT2D eigenvalue weighted by Crippen LogP contribution is 2.32. The highest BCUT2D eigenvalue weighted by atomic mass is 32.2. The maximum atomic E-state index is 9.21. The van der Waals surface area contributed by atoms with Crippen molar-refractivity contribution in [3.63, 3.8) is 0 Å². The van der Waals surface area contributed by atoms with Gasteiger partial charge in [0, 0.05) is 29.5 Å². The lowest BCUT2D eigenvalue weighted by molar-refractivity contribution is 0.222. The average Bonchev–Trinajstić information content (AvgIpc) is 2.35. The first kappa shape index (κ1) is 11.8. The number of hydrogen-bond donors (Lipinski definition) is 2. The lowest BCUT2D eigenvalue weighted by atomic mass is 9.97. The van der Waals surface area contributed by atoms with Crippen LogP contribution in [0.15, 0.2) is 23.1 Å². The summed E-state index contributed by atoms with van der Waals surface area (Å²) in [5.74, 6) is 1.55. The van der Waals surface area contributed by atoms with Crippen molar-refractivity contribution in [3.8, 4) is 0 Å². The summed E-state index contributed by atoms with van der Waals surface area (Å²) < 4.78 is 0. The number of aliphatic hydroxyl groups excluding tert-OH is 1. The third-order valence-electron chi connectivity index (χ3n) is 3.08. The van der Waals surface area contributed by atoms with Crippen LogP contribution >= 0.6 is 11.8 Å². The van der Waals surface area contributed by atoms with Crippen molar-refractivity contribution < 1.29 is 5.11 Å². The van der Waals surface area contributed by atoms with Crippen molar-refractivity contribution >= 4 is 17.4 Å². The molecule has 1 aromatic rings. The van der Waals surface area contributed by atoms with Gasteiger partial charge in [-0.15, -0.1) is 11.8 Å². The summed E-state index contributed by atoms with van der Waals surface area (Å²) in [6.45, 7) is 3.49. The van der Waals surface area contributed by atoms with Crippen LogP contribution in [-0.2, 0) is 6.42 Å². The van der Waals surface area contributed by atoms with Gasteiger partial charge in [-0.1, -0.05) is 19.4 Å². The number of fused-ring (bicyclic) bond motifs is 1. The van der Waals surface area contributed by atoms with Crippen LogP contribution < -0.4 is 5.32 Å². The van der Waals surface area contributed by atoms with Gasteiger partial charge in [0.1, 0.15) is 0 Å². The maximum Gasteiger partial charge on any atom is 0.0478 e. The third kappa shape index (κ3) is 2.71. The fourth-order valence-corrected chi connectivity index (χ4v) is 2.93. The van der Waals surface area contributed by atoms with E-state index in [0.29, 0.717) is 12.5 Å². The molecule has 88 valence electrons. The smallest absolute Gasteiger partial charge is 0.0478 e. The molecule has 0 radical (unpaired) electrons. The minimum absolute atomic E-state index is 0.291. The molecule has 0 aromatic heterocycles. The Kier molecular flexibility index (Phi) is 4.13. The van der Waals surface area contributed by atoms with Gasteiger partial charge < -0.3 is 10.4 Å². The van der Waals surface area contributed by atoms with Crippen LogP contribution in [0.5, 0.6) is 0 Å². The first-order chi connectivity index (χ1) is 7.83. The van der Waals surface area contributed by atoms with E-state index in [4.69, 9.17) is 0 Å². The van der Waals surface area contributed by atoms with Gasteiger partial charge in [-0.25, -0.2) is 0 Å². The zero-order valence-corrected chi connectivity index (χ0v) is 10.5. The Morgan fingerprint density at radius 2 is 2.38 bits per heavy atom. The minimum atomic E-state index is 0.291. The number of rotatable bonds is 4. The standard InChI is InChI=1S/C13H19NOS/c1-2-10(9-15)7-11-3-4-12-13(8-11)16-6-5-14-12/h3-4,8,10,14-15H,2,5-7,9H2,1H3. The summed E-state index contributed by atoms with van der Waals surface area (Å²) >= 11 is 1.92. The molecule has 0 fully saturated rings. The number of aliphatic hydroxyl groups is 1. The van der Waals surface area contributed by atoms with Crippen molar-refractivity contribution in [2.24, 2.45) is 5.92 Å². The first-order valence-corrected chi connectivity index (χ1v) is 6.92. The summed E-state index contributed by atoms with van der Waals surface area (Å²) in [7, 11) is 0. The van der Waals surface area contributed by atoms with E-state index in [-0.39, 0.29) is 0 Å². The van der Waals surface area contributed by atoms with Gasteiger partial charge in [0.15, 0.2) is 0 Å². The van der Waals surface area contributed by atoms with E-state index < -0.39 is 0 Å². The van der Waals surface area contributed by atoms with Gasteiger partial charge in [0.2, 0.25) is 0 Å². The molecule has 0 saturated heterocycles. The third-order valence-corrected chi connectivity index (χ3v) is 4.14. The Morgan fingerprint density at radius 3 is 3.12 bits per heavy atom. The van der Waals surface area contributed by atoms with Gasteiger partial charge in [0.05, 0.1) is 0 Å². The molecule has 0 spiro atoms. The molecular formula is C13H19NOS. The Balaban J connectivity index is 2.10. The zero-order chi connectivity index (χ0) is 11.4. The van der Waals surface area contributed by atoms with E-state index in [1.165, 1.54) is 16.1 Å². The van der Waals surface area contributed by atoms with E-state index in [1.54, 1.807) is 0 Å². The van der Waals surface area contributed by atoms with Crippen LogP contribution in [0.25, 0.3) is 0 Å². The van der Waals surface area contributed by atoms with Gasteiger partial charge >= 0.3 is 0 Å². The number of thioether (sulfide) groups is 1. The average molecular weight is 237 g/mol. The molecule has 2 rings (SSSR count). The van der Waals surface area contributed by atoms with E-state index in [0.717, 1.165) is 25.1 Å². The second kappa shape index (κ2) is 5.60. The van der Waals surface area contributed by atoms with Crippen molar-refractivity contribution in [1.82, 2.24) is 0 Å². The fourth-order valence-electron chi connectivity index (χ4n) is 1.98. The van der Waals surface area contributed by atoms with Crippen molar-refractivity contribution in [2.75, 3.05) is 24.2 Å². The van der Waals surface area contributed by atoms with Crippen molar-refractivity contribution in [3.05, 3.63) is 23.8 Å². The highest BCUT2D eigenvalue weighted by Gasteiger charge is 2.11. The number of benzene rings is 1. The van der Waals surface area contributed by atoms with Crippen molar-refractivity contribution in [2.45, 2.75) is 24.7 Å². The lowest BCUT2D eigenvalue weighted by Gasteiger charge is -2.19. The SMILES string of the molecule is CCC(CO)Cc1ccc2c(c1)SCCN2. The molecule has 1 atom stereocenters. The molecule has 1 heterocycles. The van der Waals surface area contributed by atoms with E-state index in [9.17, 15) is 5.11 Å². The van der Waals surface area contributed by atoms with Gasteiger partial charge in [-0.05, 0) is 30.0 Å². The molecule has 0 saturated carbocycles. The van der Waals surface area contributed by atoms with Gasteiger partial charge in [-0.3, -0.25) is 0 Å². The fraction of sp³-hybridized carbons (Fsp3) is 0.538. The van der Waals surface area contributed by atoms with Gasteiger partial charge in [-0.2, -0.15) is 0 Å². The van der Waals surface area contributed by atoms with E-state index >= 15 is 0 Å². The van der Waals surface area contributed by atoms with Crippen LogP contribution in [0.2, 0.25) is 0 Å². The predicted molar refractivity (Wildman–Crippen MR) is 70.2 cm³/mol. The van der Waals surface area contributed by atoms with E-state index in [2.05, 4.69) is 30.4 Å². The molecule has 1 aromatic carbocycles. The molecule has 16 heavy (non-hydrogen) atoms. The molecule has 1 aliphatic heterocycles. The van der Waals surface area contributed by atoms with Crippen LogP contribution in [0.3, 0.4) is 0 Å². The number of nitrogens with one attached hydrogen (secondary N) is 1. The predicted octanol–water partition coefficient (Wildman–Crippen LogP) is 2.77. The second-order valence-corrected chi connectivity index (χ2v) is 5.40. The molecule has 2 nitrogen and oxygen atoms in total. The Labute approximate surface area is 101 Å². The lowest BCUT2D eigenvalue weighted by Crippen LogP contribution is -2.11. The van der Waals surface area contributed by atoms with Gasteiger partial charge in [0.25, 0.3) is 0 Å². The summed E-state index contributed by atoms with van der Waals surface area (Å²) in [6.07, 6.45) is 2.03. The normalized spacial score (nSPS) is 16.4. The topological polar surface area (TPSA) is 32.3 Å². The Bertz CT molecular complexity index is 350. The van der Waals surface area contributed by atoms with Crippen LogP contribution in [-0.4, -0.2) is 24.0 Å². The number of hydrogen-bond acceptors (Lipinski definition) is 3. The molecule has 1 aliphatic rings. The summed E-state index contributed by atoms with van der Waals surface area (Å²) in [5, 5.41) is 12.6. The summed E-state index contributed by atoms with van der Waals surface area (Å²) in [6, 6.07) is 6.61. The summed E-state index contributed by atoms with van der Waals surface area (Å²) in [4.78, 5) is 1.36. The second-order valence-electron chi connectivity index (χ2n) is 4.27. The van der Waals surface area contributed by atoms with Crippen molar-refractivity contribution in [1.29, 1.82) is 0 Å². The maximum absolute atomic E-state index is 9.21. The Hall–Kier alpha value is -0.670. The highest BCUT2D eigenvalue weighted by molar-refractivity contribution is 7.99. The molecule has 0 aliphatic carbocycles. The van der Waals surface area contributed by atoms with E-state index in [1.807, 2.05) is 11.8 Å². The first-order valence-electron chi connectivity index (χ1n) is 5.94. The molecule has 0 amide bonds. The quantitative estimate of drug-likeness (QED) is 0.844. The zero-order valence-electron chi connectivity index (χ0n) is 9.70. The summed E-state index contributed by atoms with van der Waals surface area (Å²) in [5.41, 5.74) is 2.60. The van der Waals surface area contributed by atoms with Crippen LogP contribution in [0, 0.1) is 5.92 Å². The van der Waals surface area contributed by atoms with Crippen LogP contribution in [0.1, 0.15) is 18.9 Å². The largest absolute Gasteiger partial charge is 0.396 e.